The molecular formula is C21H38O2. The number of aliphatic carboxylic acids is 1. The minimum atomic E-state index is -0.489. The molecule has 0 heterocycles. The first-order chi connectivity index (χ1) is 11.2. The molecular weight excluding hydrogens is 284 g/mol. The first kappa shape index (κ1) is 18.8. The second-order valence-corrected chi connectivity index (χ2v) is 8.30. The molecule has 0 aliphatic heterocycles. The molecule has 2 nitrogen and oxygen atoms in total. The molecule has 134 valence electrons. The van der Waals surface area contributed by atoms with Crippen LogP contribution >= 0.6 is 0 Å². The summed E-state index contributed by atoms with van der Waals surface area (Å²) in [5.41, 5.74) is -0.358. The minimum Gasteiger partial charge on any atom is -0.481 e. The van der Waals surface area contributed by atoms with E-state index in [0.717, 1.165) is 31.6 Å². The fourth-order valence-corrected chi connectivity index (χ4v) is 5.20. The van der Waals surface area contributed by atoms with Gasteiger partial charge in [-0.25, -0.2) is 0 Å². The molecule has 0 aromatic heterocycles. The van der Waals surface area contributed by atoms with E-state index in [4.69, 9.17) is 0 Å². The van der Waals surface area contributed by atoms with Crippen molar-refractivity contribution in [3.05, 3.63) is 0 Å². The Kier molecular flexibility index (Phi) is 7.92. The first-order valence-corrected chi connectivity index (χ1v) is 10.4. The van der Waals surface area contributed by atoms with Gasteiger partial charge >= 0.3 is 5.97 Å². The summed E-state index contributed by atoms with van der Waals surface area (Å²) in [6.07, 6.45) is 20.0. The molecule has 2 rings (SSSR count). The lowest BCUT2D eigenvalue weighted by Crippen LogP contribution is -2.42. The Morgan fingerprint density at radius 3 is 2.13 bits per heavy atom. The lowest BCUT2D eigenvalue weighted by molar-refractivity contribution is -0.157. The van der Waals surface area contributed by atoms with Gasteiger partial charge in [0.2, 0.25) is 0 Å². The highest BCUT2D eigenvalue weighted by Gasteiger charge is 2.46. The van der Waals surface area contributed by atoms with Crippen molar-refractivity contribution in [2.24, 2.45) is 17.3 Å². The van der Waals surface area contributed by atoms with Crippen molar-refractivity contribution in [1.29, 1.82) is 0 Å². The molecule has 0 atom stereocenters. The summed E-state index contributed by atoms with van der Waals surface area (Å²) in [4.78, 5) is 12.0. The van der Waals surface area contributed by atoms with E-state index in [2.05, 4.69) is 6.92 Å². The molecule has 0 radical (unpaired) electrons. The second kappa shape index (κ2) is 9.69. The Bertz CT molecular complexity index is 336. The van der Waals surface area contributed by atoms with Crippen LogP contribution in [0.15, 0.2) is 0 Å². The summed E-state index contributed by atoms with van der Waals surface area (Å²) in [7, 11) is 0. The summed E-state index contributed by atoms with van der Waals surface area (Å²) < 4.78 is 0. The average molecular weight is 323 g/mol. The van der Waals surface area contributed by atoms with Crippen LogP contribution < -0.4 is 0 Å². The van der Waals surface area contributed by atoms with E-state index < -0.39 is 5.97 Å². The van der Waals surface area contributed by atoms with Crippen LogP contribution in [0, 0.1) is 17.3 Å². The van der Waals surface area contributed by atoms with Crippen molar-refractivity contribution >= 4 is 5.97 Å². The van der Waals surface area contributed by atoms with Gasteiger partial charge in [0.1, 0.15) is 0 Å². The number of unbranched alkanes of at least 4 members (excludes halogenated alkanes) is 5. The maximum Gasteiger partial charge on any atom is 0.309 e. The van der Waals surface area contributed by atoms with E-state index in [9.17, 15) is 9.90 Å². The first-order valence-electron chi connectivity index (χ1n) is 10.4. The number of hydrogen-bond acceptors (Lipinski definition) is 1. The zero-order valence-corrected chi connectivity index (χ0v) is 15.3. The van der Waals surface area contributed by atoms with Gasteiger partial charge in [-0.1, -0.05) is 84.0 Å². The number of carboxylic acids is 1. The van der Waals surface area contributed by atoms with Crippen molar-refractivity contribution in [2.75, 3.05) is 0 Å². The summed E-state index contributed by atoms with van der Waals surface area (Å²) in [6.45, 7) is 2.27. The van der Waals surface area contributed by atoms with Crippen LogP contribution in [0.3, 0.4) is 0 Å². The lowest BCUT2D eigenvalue weighted by atomic mass is 9.60. The third-order valence-corrected chi connectivity index (χ3v) is 6.77. The van der Waals surface area contributed by atoms with E-state index in [1.807, 2.05) is 0 Å². The summed E-state index contributed by atoms with van der Waals surface area (Å²) in [6, 6.07) is 0. The van der Waals surface area contributed by atoms with Crippen molar-refractivity contribution in [3.63, 3.8) is 0 Å². The van der Waals surface area contributed by atoms with Gasteiger partial charge in [0.25, 0.3) is 0 Å². The van der Waals surface area contributed by atoms with E-state index >= 15 is 0 Å². The average Bonchev–Trinajstić information content (AvgIpc) is 2.59. The topological polar surface area (TPSA) is 37.3 Å². The molecule has 0 aromatic carbocycles. The number of hydrogen-bond donors (Lipinski definition) is 1. The predicted octanol–water partition coefficient (Wildman–Crippen LogP) is 6.58. The normalized spacial score (nSPS) is 27.7. The highest BCUT2D eigenvalue weighted by molar-refractivity contribution is 5.75. The van der Waals surface area contributed by atoms with Gasteiger partial charge in [0.15, 0.2) is 0 Å². The van der Waals surface area contributed by atoms with Crippen LogP contribution in [0.1, 0.15) is 110 Å². The van der Waals surface area contributed by atoms with Crippen LogP contribution in [0.25, 0.3) is 0 Å². The third kappa shape index (κ3) is 5.22. The fourth-order valence-electron chi connectivity index (χ4n) is 5.20. The highest BCUT2D eigenvalue weighted by atomic mass is 16.4. The van der Waals surface area contributed by atoms with Gasteiger partial charge in [-0.15, -0.1) is 0 Å². The van der Waals surface area contributed by atoms with Gasteiger partial charge in [-0.2, -0.15) is 0 Å². The Morgan fingerprint density at radius 1 is 0.913 bits per heavy atom. The van der Waals surface area contributed by atoms with Gasteiger partial charge < -0.3 is 5.11 Å². The van der Waals surface area contributed by atoms with Crippen molar-refractivity contribution in [2.45, 2.75) is 110 Å². The highest BCUT2D eigenvalue weighted by Crippen LogP contribution is 2.49. The zero-order chi connectivity index (χ0) is 16.5. The lowest BCUT2D eigenvalue weighted by Gasteiger charge is -2.43. The molecule has 0 bridgehead atoms. The molecule has 2 saturated carbocycles. The van der Waals surface area contributed by atoms with Crippen molar-refractivity contribution in [3.8, 4) is 0 Å². The Morgan fingerprint density at radius 2 is 1.52 bits per heavy atom. The smallest absolute Gasteiger partial charge is 0.309 e. The molecule has 0 amide bonds. The number of carboxylic acid groups (broad SMARTS) is 1. The number of rotatable bonds is 9. The molecule has 0 unspecified atom stereocenters. The van der Waals surface area contributed by atoms with Crippen LogP contribution in [-0.4, -0.2) is 11.1 Å². The van der Waals surface area contributed by atoms with Gasteiger partial charge in [-0.05, 0) is 37.5 Å². The van der Waals surface area contributed by atoms with Crippen LogP contribution in [0.2, 0.25) is 0 Å². The fraction of sp³-hybridized carbons (Fsp3) is 0.952. The molecule has 2 heteroatoms. The third-order valence-electron chi connectivity index (χ3n) is 6.77. The molecule has 0 saturated heterocycles. The Labute approximate surface area is 143 Å². The largest absolute Gasteiger partial charge is 0.481 e. The molecule has 0 aromatic rings. The zero-order valence-electron chi connectivity index (χ0n) is 15.3. The van der Waals surface area contributed by atoms with Gasteiger partial charge in [0.05, 0.1) is 5.41 Å². The van der Waals surface area contributed by atoms with Crippen molar-refractivity contribution < 1.29 is 9.90 Å². The van der Waals surface area contributed by atoms with Crippen LogP contribution in [0.4, 0.5) is 0 Å². The van der Waals surface area contributed by atoms with Crippen molar-refractivity contribution in [1.82, 2.24) is 0 Å². The predicted molar refractivity (Wildman–Crippen MR) is 96.6 cm³/mol. The maximum atomic E-state index is 12.0. The monoisotopic (exact) mass is 322 g/mol. The molecule has 2 aliphatic rings. The maximum absolute atomic E-state index is 12.0. The molecule has 2 aliphatic carbocycles. The summed E-state index contributed by atoms with van der Waals surface area (Å²) in [5, 5.41) is 9.85. The van der Waals surface area contributed by atoms with E-state index in [1.165, 1.54) is 77.0 Å². The molecule has 23 heavy (non-hydrogen) atoms. The summed E-state index contributed by atoms with van der Waals surface area (Å²) >= 11 is 0. The quantitative estimate of drug-likeness (QED) is 0.487. The minimum absolute atomic E-state index is 0.358. The van der Waals surface area contributed by atoms with Crippen LogP contribution in [-0.2, 0) is 4.79 Å². The second-order valence-electron chi connectivity index (χ2n) is 8.30. The standard InChI is InChI=1S/C21H38O2/c1-2-3-4-5-6-8-11-18-12-14-19(15-13-18)21(20(22)23)16-9-7-10-17-21/h18-19H,2-17H2,1H3,(H,22,23)/t18-,19-. The Hall–Kier alpha value is -0.530. The molecule has 1 N–H and O–H groups in total. The van der Waals surface area contributed by atoms with E-state index in [1.54, 1.807) is 0 Å². The SMILES string of the molecule is CCCCCCCC[C@H]1CC[C@H](C2(C(=O)O)CCCCC2)CC1. The van der Waals surface area contributed by atoms with Gasteiger partial charge in [0, 0.05) is 0 Å². The summed E-state index contributed by atoms with van der Waals surface area (Å²) in [5.74, 6) is 0.851. The van der Waals surface area contributed by atoms with E-state index in [-0.39, 0.29) is 5.41 Å². The number of carbonyl (C=O) groups is 1. The van der Waals surface area contributed by atoms with E-state index in [0.29, 0.717) is 5.92 Å². The molecule has 2 fully saturated rings. The molecule has 0 spiro atoms. The van der Waals surface area contributed by atoms with Gasteiger partial charge in [-0.3, -0.25) is 4.79 Å². The Balaban J connectivity index is 1.69. The van der Waals surface area contributed by atoms with Crippen LogP contribution in [0.5, 0.6) is 0 Å².